The molecule has 0 amide bonds. The fraction of sp³-hybridized carbons (Fsp3) is 0.455. The second kappa shape index (κ2) is 8.22. The molecule has 8 heteroatoms. The van der Waals surface area contributed by atoms with Crippen LogP contribution in [-0.2, 0) is 17.9 Å². The number of hydrogen-bond donors (Lipinski definition) is 0. The van der Waals surface area contributed by atoms with Crippen molar-refractivity contribution >= 4 is 28.5 Å². The van der Waals surface area contributed by atoms with E-state index in [4.69, 9.17) is 11.6 Å². The molecule has 30 heavy (non-hydrogen) atoms. The summed E-state index contributed by atoms with van der Waals surface area (Å²) in [7, 11) is 0. The van der Waals surface area contributed by atoms with Crippen LogP contribution in [0.4, 0.5) is 0 Å². The Morgan fingerprint density at radius 1 is 1.13 bits per heavy atom. The molecule has 3 rings (SSSR count). The van der Waals surface area contributed by atoms with Crippen LogP contribution >= 0.6 is 11.6 Å². The highest BCUT2D eigenvalue weighted by molar-refractivity contribution is 6.30. The van der Waals surface area contributed by atoms with Gasteiger partial charge in [0.15, 0.2) is 16.9 Å². The van der Waals surface area contributed by atoms with Crippen LogP contribution in [0, 0.1) is 11.3 Å². The van der Waals surface area contributed by atoms with E-state index in [1.165, 1.54) is 15.5 Å². The van der Waals surface area contributed by atoms with Crippen LogP contribution in [0.15, 0.2) is 40.2 Å². The zero-order valence-electron chi connectivity index (χ0n) is 18.0. The highest BCUT2D eigenvalue weighted by Gasteiger charge is 2.25. The van der Waals surface area contributed by atoms with Crippen molar-refractivity contribution < 1.29 is 4.79 Å². The third kappa shape index (κ3) is 4.26. The van der Waals surface area contributed by atoms with Gasteiger partial charge in [0.05, 0.1) is 18.6 Å². The lowest BCUT2D eigenvalue weighted by Crippen LogP contribution is -2.40. The molecular weight excluding hydrogens is 404 g/mol. The second-order valence-corrected chi connectivity index (χ2v) is 9.39. The number of imidazole rings is 1. The van der Waals surface area contributed by atoms with Crippen LogP contribution in [-0.4, -0.2) is 24.5 Å². The predicted octanol–water partition coefficient (Wildman–Crippen LogP) is 3.66. The van der Waals surface area contributed by atoms with E-state index in [0.29, 0.717) is 23.0 Å². The molecule has 0 spiro atoms. The standard InChI is InChI=1S/C22H27ClN4O3/c1-14(2)10-11-26-20(29)18-19(24-13-25(18)12-17(28)22(3,4)5)27(21(26)30)16-8-6-15(23)7-9-16/h6-9,13-14H,10-12H2,1-5H3. The van der Waals surface area contributed by atoms with Gasteiger partial charge in [-0.1, -0.05) is 46.2 Å². The lowest BCUT2D eigenvalue weighted by Gasteiger charge is -2.17. The van der Waals surface area contributed by atoms with Gasteiger partial charge < -0.3 is 4.57 Å². The van der Waals surface area contributed by atoms with Crippen LogP contribution in [0.3, 0.4) is 0 Å². The average Bonchev–Trinajstić information content (AvgIpc) is 3.05. The Morgan fingerprint density at radius 3 is 2.33 bits per heavy atom. The number of carbonyl (C=O) groups excluding carboxylic acids is 1. The Labute approximate surface area is 179 Å². The maximum Gasteiger partial charge on any atom is 0.337 e. The molecule has 0 N–H and O–H groups in total. The van der Waals surface area contributed by atoms with Crippen molar-refractivity contribution in [2.45, 2.75) is 54.1 Å². The molecular formula is C22H27ClN4O3. The van der Waals surface area contributed by atoms with Crippen molar-refractivity contribution in [1.82, 2.24) is 18.7 Å². The van der Waals surface area contributed by atoms with Crippen molar-refractivity contribution in [3.8, 4) is 5.69 Å². The molecule has 0 aliphatic heterocycles. The maximum absolute atomic E-state index is 13.3. The number of hydrogen-bond acceptors (Lipinski definition) is 4. The van der Waals surface area contributed by atoms with E-state index in [1.807, 2.05) is 34.6 Å². The molecule has 0 aliphatic rings. The second-order valence-electron chi connectivity index (χ2n) is 8.95. The first-order valence-corrected chi connectivity index (χ1v) is 10.4. The summed E-state index contributed by atoms with van der Waals surface area (Å²) in [5.74, 6) is 0.294. The molecule has 2 heterocycles. The van der Waals surface area contributed by atoms with Gasteiger partial charge in [-0.2, -0.15) is 0 Å². The van der Waals surface area contributed by atoms with Crippen LogP contribution in [0.5, 0.6) is 0 Å². The third-order valence-electron chi connectivity index (χ3n) is 5.07. The Hall–Kier alpha value is -2.67. The van der Waals surface area contributed by atoms with Gasteiger partial charge in [0.2, 0.25) is 0 Å². The minimum atomic E-state index is -0.558. The molecule has 0 aliphatic carbocycles. The van der Waals surface area contributed by atoms with Crippen molar-refractivity contribution in [1.29, 1.82) is 0 Å². The van der Waals surface area contributed by atoms with Gasteiger partial charge in [0.1, 0.15) is 0 Å². The summed E-state index contributed by atoms with van der Waals surface area (Å²) < 4.78 is 4.19. The van der Waals surface area contributed by atoms with Crippen molar-refractivity contribution in [3.05, 3.63) is 56.5 Å². The SMILES string of the molecule is CC(C)CCn1c(=O)c2c(ncn2CC(=O)C(C)(C)C)n(-c2ccc(Cl)cc2)c1=O. The Kier molecular flexibility index (Phi) is 6.04. The van der Waals surface area contributed by atoms with Crippen LogP contribution in [0.2, 0.25) is 5.02 Å². The molecule has 0 saturated heterocycles. The quantitative estimate of drug-likeness (QED) is 0.597. The summed E-state index contributed by atoms with van der Waals surface area (Å²) in [6.07, 6.45) is 2.13. The highest BCUT2D eigenvalue weighted by atomic mass is 35.5. The minimum Gasteiger partial charge on any atom is -0.317 e. The van der Waals surface area contributed by atoms with Crippen LogP contribution in [0.25, 0.3) is 16.9 Å². The zero-order valence-corrected chi connectivity index (χ0v) is 18.7. The van der Waals surface area contributed by atoms with Gasteiger partial charge in [-0.25, -0.2) is 14.3 Å². The van der Waals surface area contributed by atoms with Gasteiger partial charge in [-0.3, -0.25) is 14.2 Å². The normalized spacial score (nSPS) is 12.1. The molecule has 0 saturated carbocycles. The van der Waals surface area contributed by atoms with Gasteiger partial charge in [0, 0.05) is 17.0 Å². The highest BCUT2D eigenvalue weighted by Crippen LogP contribution is 2.19. The topological polar surface area (TPSA) is 78.9 Å². The number of benzene rings is 1. The molecule has 0 unspecified atom stereocenters. The van der Waals surface area contributed by atoms with Gasteiger partial charge in [0.25, 0.3) is 5.56 Å². The van der Waals surface area contributed by atoms with Crippen molar-refractivity contribution in [2.75, 3.05) is 0 Å². The summed E-state index contributed by atoms with van der Waals surface area (Å²) in [6, 6.07) is 6.78. The molecule has 0 bridgehead atoms. The number of nitrogens with zero attached hydrogens (tertiary/aromatic N) is 4. The summed E-state index contributed by atoms with van der Waals surface area (Å²) in [6.45, 7) is 9.87. The van der Waals surface area contributed by atoms with Crippen molar-refractivity contribution in [2.24, 2.45) is 11.3 Å². The first-order chi connectivity index (χ1) is 14.0. The number of carbonyl (C=O) groups is 1. The Morgan fingerprint density at radius 2 is 1.77 bits per heavy atom. The third-order valence-corrected chi connectivity index (χ3v) is 5.32. The Balaban J connectivity index is 2.29. The van der Waals surface area contributed by atoms with E-state index in [0.717, 1.165) is 0 Å². The van der Waals surface area contributed by atoms with E-state index in [-0.39, 0.29) is 30.0 Å². The molecule has 7 nitrogen and oxygen atoms in total. The number of halogens is 1. The van der Waals surface area contributed by atoms with Crippen LogP contribution in [0.1, 0.15) is 41.0 Å². The van der Waals surface area contributed by atoms with E-state index in [2.05, 4.69) is 4.98 Å². The molecule has 3 aromatic rings. The number of aromatic nitrogens is 4. The van der Waals surface area contributed by atoms with Gasteiger partial charge in [-0.05, 0) is 36.6 Å². The van der Waals surface area contributed by atoms with Gasteiger partial charge in [-0.15, -0.1) is 0 Å². The molecule has 1 aromatic carbocycles. The van der Waals surface area contributed by atoms with E-state index < -0.39 is 16.7 Å². The first kappa shape index (κ1) is 22.0. The molecule has 0 fully saturated rings. The number of fused-ring (bicyclic) bond motifs is 1. The van der Waals surface area contributed by atoms with E-state index in [1.54, 1.807) is 28.8 Å². The maximum atomic E-state index is 13.3. The first-order valence-electron chi connectivity index (χ1n) is 10.0. The van der Waals surface area contributed by atoms with Crippen LogP contribution < -0.4 is 11.2 Å². The molecule has 0 radical (unpaired) electrons. The van der Waals surface area contributed by atoms with E-state index in [9.17, 15) is 14.4 Å². The van der Waals surface area contributed by atoms with E-state index >= 15 is 0 Å². The smallest absolute Gasteiger partial charge is 0.317 e. The monoisotopic (exact) mass is 430 g/mol. The van der Waals surface area contributed by atoms with Crippen molar-refractivity contribution in [3.63, 3.8) is 0 Å². The van der Waals surface area contributed by atoms with Gasteiger partial charge >= 0.3 is 5.69 Å². The largest absolute Gasteiger partial charge is 0.337 e. The molecule has 160 valence electrons. The zero-order chi connectivity index (χ0) is 22.2. The summed E-state index contributed by atoms with van der Waals surface area (Å²) >= 11 is 6.00. The molecule has 2 aromatic heterocycles. The number of rotatable bonds is 6. The fourth-order valence-corrected chi connectivity index (χ4v) is 3.22. The Bertz CT molecular complexity index is 1190. The lowest BCUT2D eigenvalue weighted by molar-refractivity contribution is -0.126. The molecule has 0 atom stereocenters. The summed E-state index contributed by atoms with van der Waals surface area (Å²) in [4.78, 5) is 43.5. The lowest BCUT2D eigenvalue weighted by atomic mass is 9.91. The predicted molar refractivity (Wildman–Crippen MR) is 119 cm³/mol. The number of Topliss-reactive ketones (excluding diaryl/α,β-unsaturated/α-hetero) is 1. The summed E-state index contributed by atoms with van der Waals surface area (Å²) in [5.41, 5.74) is -0.415. The number of ketones is 1. The fourth-order valence-electron chi connectivity index (χ4n) is 3.10. The minimum absolute atomic E-state index is 0.0121. The average molecular weight is 431 g/mol. The summed E-state index contributed by atoms with van der Waals surface area (Å²) in [5, 5.41) is 0.539.